The highest BCUT2D eigenvalue weighted by atomic mass is 16.5. The average Bonchev–Trinajstić information content (AvgIpc) is 2.72. The van der Waals surface area contributed by atoms with Crippen molar-refractivity contribution in [2.24, 2.45) is 5.73 Å². The van der Waals surface area contributed by atoms with Crippen LogP contribution in [0, 0.1) is 0 Å². The smallest absolute Gasteiger partial charge is 0.282 e. The van der Waals surface area contributed by atoms with Gasteiger partial charge in [-0.1, -0.05) is 30.3 Å². The second kappa shape index (κ2) is 7.72. The Morgan fingerprint density at radius 3 is 2.26 bits per heavy atom. The molecule has 2 amide bonds. The predicted octanol–water partition coefficient (Wildman–Crippen LogP) is 3.50. The Morgan fingerprint density at radius 1 is 0.889 bits per heavy atom. The first-order valence-electron chi connectivity index (χ1n) is 8.17. The second-order valence-electron chi connectivity index (χ2n) is 5.84. The topological polar surface area (TPSA) is 92.9 Å². The molecule has 27 heavy (non-hydrogen) atoms. The first-order valence-corrected chi connectivity index (χ1v) is 8.17. The van der Waals surface area contributed by atoms with Crippen molar-refractivity contribution in [3.05, 3.63) is 83.9 Å². The Morgan fingerprint density at radius 2 is 1.59 bits per heavy atom. The molecule has 0 saturated heterocycles. The number of nitrogens with two attached hydrogens (primary N) is 1. The lowest BCUT2D eigenvalue weighted by molar-refractivity contribution is 0.0854. The number of methoxy groups -OCH3 is 1. The van der Waals surface area contributed by atoms with E-state index in [1.54, 1.807) is 66.7 Å². The van der Waals surface area contributed by atoms with E-state index in [0.29, 0.717) is 27.6 Å². The van der Waals surface area contributed by atoms with Crippen LogP contribution in [0.25, 0.3) is 11.1 Å². The van der Waals surface area contributed by atoms with Crippen LogP contribution in [0.1, 0.15) is 20.7 Å². The van der Waals surface area contributed by atoms with Crippen LogP contribution in [0.3, 0.4) is 0 Å². The van der Waals surface area contributed by atoms with Crippen molar-refractivity contribution in [3.8, 4) is 16.9 Å². The number of anilines is 1. The molecule has 3 rings (SSSR count). The van der Waals surface area contributed by atoms with E-state index in [2.05, 4.69) is 0 Å². The molecule has 0 aromatic heterocycles. The fraction of sp³-hybridized carbons (Fsp3) is 0.0476. The maximum absolute atomic E-state index is 12.6. The van der Waals surface area contributed by atoms with Gasteiger partial charge in [-0.3, -0.25) is 14.8 Å². The normalized spacial score (nSPS) is 10.3. The van der Waals surface area contributed by atoms with Crippen LogP contribution < -0.4 is 15.5 Å². The Balaban J connectivity index is 1.87. The summed E-state index contributed by atoms with van der Waals surface area (Å²) in [7, 11) is 1.51. The molecule has 0 unspecified atom stereocenters. The summed E-state index contributed by atoms with van der Waals surface area (Å²) in [6.07, 6.45) is 0. The molecule has 0 aliphatic heterocycles. The number of carbonyl (C=O) groups is 2. The lowest BCUT2D eigenvalue weighted by Gasteiger charge is -2.16. The molecule has 3 aromatic carbocycles. The molecule has 0 aliphatic rings. The summed E-state index contributed by atoms with van der Waals surface area (Å²) >= 11 is 0. The first-order chi connectivity index (χ1) is 13.0. The zero-order valence-corrected chi connectivity index (χ0v) is 14.6. The third-order valence-electron chi connectivity index (χ3n) is 4.10. The fourth-order valence-corrected chi connectivity index (χ4v) is 2.64. The lowest BCUT2D eigenvalue weighted by atomic mass is 10.0. The Kier molecular flexibility index (Phi) is 5.19. The van der Waals surface area contributed by atoms with Gasteiger partial charge in [0.15, 0.2) is 0 Å². The molecule has 6 nitrogen and oxygen atoms in total. The summed E-state index contributed by atoms with van der Waals surface area (Å²) in [6.45, 7) is 0. The number of hydrogen-bond donors (Lipinski definition) is 2. The van der Waals surface area contributed by atoms with Crippen LogP contribution in [0.4, 0.5) is 5.69 Å². The lowest BCUT2D eigenvalue weighted by Crippen LogP contribution is -2.26. The van der Waals surface area contributed by atoms with Gasteiger partial charge in [0.1, 0.15) is 5.75 Å². The van der Waals surface area contributed by atoms with Crippen molar-refractivity contribution in [2.75, 3.05) is 12.2 Å². The van der Waals surface area contributed by atoms with Gasteiger partial charge in [-0.15, -0.1) is 0 Å². The van der Waals surface area contributed by atoms with Crippen LogP contribution in [0.15, 0.2) is 72.8 Å². The summed E-state index contributed by atoms with van der Waals surface area (Å²) in [5, 5.41) is 10.9. The molecule has 0 spiro atoms. The monoisotopic (exact) mass is 362 g/mol. The number of hydrogen-bond acceptors (Lipinski definition) is 4. The van der Waals surface area contributed by atoms with Crippen molar-refractivity contribution in [3.63, 3.8) is 0 Å². The highest BCUT2D eigenvalue weighted by Gasteiger charge is 2.17. The molecular formula is C21H18N2O4. The maximum atomic E-state index is 12.6. The number of rotatable bonds is 5. The van der Waals surface area contributed by atoms with Crippen molar-refractivity contribution < 1.29 is 19.5 Å². The van der Waals surface area contributed by atoms with Gasteiger partial charge in [0.25, 0.3) is 5.91 Å². The first kappa shape index (κ1) is 18.2. The number of hydroxylamine groups is 1. The molecule has 0 bridgehead atoms. The average molecular weight is 362 g/mol. The van der Waals surface area contributed by atoms with Crippen molar-refractivity contribution in [1.29, 1.82) is 0 Å². The van der Waals surface area contributed by atoms with Gasteiger partial charge in [0.2, 0.25) is 5.91 Å². The molecule has 0 radical (unpaired) electrons. The molecule has 6 heteroatoms. The van der Waals surface area contributed by atoms with Gasteiger partial charge in [-0.25, -0.2) is 0 Å². The SMILES string of the molecule is COc1cccc(N(O)C(=O)c2cccc(-c3ccc(C(N)=O)cc3)c2)c1. The summed E-state index contributed by atoms with van der Waals surface area (Å²) in [5.41, 5.74) is 7.87. The molecule has 0 atom stereocenters. The number of ether oxygens (including phenoxy) is 1. The fourth-order valence-electron chi connectivity index (χ4n) is 2.64. The third-order valence-corrected chi connectivity index (χ3v) is 4.10. The van der Waals surface area contributed by atoms with Gasteiger partial charge >= 0.3 is 0 Å². The van der Waals surface area contributed by atoms with Crippen LogP contribution in [0.2, 0.25) is 0 Å². The quantitative estimate of drug-likeness (QED) is 0.537. The standard InChI is InChI=1S/C21H18N2O4/c1-27-19-7-3-6-18(13-19)23(26)21(25)17-5-2-4-16(12-17)14-8-10-15(11-9-14)20(22)24/h2-13,26H,1H3,(H2,22,24). The van der Waals surface area contributed by atoms with Crippen molar-refractivity contribution in [2.45, 2.75) is 0 Å². The number of amides is 2. The summed E-state index contributed by atoms with van der Waals surface area (Å²) in [6, 6.07) is 20.2. The zero-order chi connectivity index (χ0) is 19.4. The molecule has 0 saturated carbocycles. The molecular weight excluding hydrogens is 344 g/mol. The molecule has 0 heterocycles. The summed E-state index contributed by atoms with van der Waals surface area (Å²) in [4.78, 5) is 23.8. The maximum Gasteiger partial charge on any atom is 0.282 e. The van der Waals surface area contributed by atoms with Gasteiger partial charge < -0.3 is 10.5 Å². The van der Waals surface area contributed by atoms with Crippen LogP contribution in [-0.4, -0.2) is 24.1 Å². The summed E-state index contributed by atoms with van der Waals surface area (Å²) in [5.74, 6) is -0.541. The van der Waals surface area contributed by atoms with Crippen LogP contribution in [0.5, 0.6) is 5.75 Å². The van der Waals surface area contributed by atoms with E-state index in [0.717, 1.165) is 11.1 Å². The Bertz CT molecular complexity index is 983. The molecule has 136 valence electrons. The minimum absolute atomic E-state index is 0.301. The minimum Gasteiger partial charge on any atom is -0.497 e. The van der Waals surface area contributed by atoms with Crippen molar-refractivity contribution in [1.82, 2.24) is 0 Å². The third kappa shape index (κ3) is 3.96. The summed E-state index contributed by atoms with van der Waals surface area (Å²) < 4.78 is 5.11. The van der Waals surface area contributed by atoms with Crippen molar-refractivity contribution >= 4 is 17.5 Å². The molecule has 3 N–H and O–H groups in total. The van der Waals surface area contributed by atoms with Gasteiger partial charge in [0, 0.05) is 17.2 Å². The Labute approximate surface area is 156 Å². The number of carbonyl (C=O) groups excluding carboxylic acids is 2. The highest BCUT2D eigenvalue weighted by Crippen LogP contribution is 2.24. The van der Waals surface area contributed by atoms with E-state index in [1.165, 1.54) is 7.11 Å². The minimum atomic E-state index is -0.571. The van der Waals surface area contributed by atoms with Crippen LogP contribution >= 0.6 is 0 Å². The molecule has 0 fully saturated rings. The van der Waals surface area contributed by atoms with Gasteiger partial charge in [0.05, 0.1) is 12.8 Å². The zero-order valence-electron chi connectivity index (χ0n) is 14.6. The van der Waals surface area contributed by atoms with Gasteiger partial charge in [-0.05, 0) is 47.5 Å². The van der Waals surface area contributed by atoms with E-state index < -0.39 is 11.8 Å². The number of benzene rings is 3. The molecule has 0 aliphatic carbocycles. The van der Waals surface area contributed by atoms with E-state index in [1.807, 2.05) is 6.07 Å². The van der Waals surface area contributed by atoms with E-state index in [9.17, 15) is 14.8 Å². The molecule has 3 aromatic rings. The second-order valence-corrected chi connectivity index (χ2v) is 5.84. The van der Waals surface area contributed by atoms with Gasteiger partial charge in [-0.2, -0.15) is 5.06 Å². The predicted molar refractivity (Wildman–Crippen MR) is 102 cm³/mol. The Hall–Kier alpha value is -3.64. The largest absolute Gasteiger partial charge is 0.497 e. The highest BCUT2D eigenvalue weighted by molar-refractivity contribution is 6.05. The van der Waals surface area contributed by atoms with E-state index >= 15 is 0 Å². The number of primary amides is 1. The van der Waals surface area contributed by atoms with E-state index in [4.69, 9.17) is 10.5 Å². The van der Waals surface area contributed by atoms with E-state index in [-0.39, 0.29) is 0 Å². The van der Waals surface area contributed by atoms with Crippen LogP contribution in [-0.2, 0) is 0 Å². The number of nitrogens with zero attached hydrogens (tertiary/aromatic N) is 1.